The molecule has 0 saturated carbocycles. The zero-order chi connectivity index (χ0) is 18.5. The standard InChI is InChI=1S/C18H28N4O2S.HI/c1-18(2,21-25(4,23)24)14-20-17(19-3)22-12-10-16(11-13-22)15-8-6-5-7-9-15;/h5-10,21H,11-14H2,1-4H3,(H,19,20);1H. The third kappa shape index (κ3) is 7.24. The Balaban J connectivity index is 0.00000338. The molecule has 1 heterocycles. The smallest absolute Gasteiger partial charge is 0.209 e. The van der Waals surface area contributed by atoms with Crippen LogP contribution in [0, 0.1) is 0 Å². The van der Waals surface area contributed by atoms with Crippen LogP contribution in [-0.2, 0) is 10.0 Å². The number of rotatable bonds is 5. The van der Waals surface area contributed by atoms with E-state index in [4.69, 9.17) is 0 Å². The maximum absolute atomic E-state index is 11.4. The summed E-state index contributed by atoms with van der Waals surface area (Å²) >= 11 is 0. The van der Waals surface area contributed by atoms with Crippen molar-refractivity contribution in [3.05, 3.63) is 42.0 Å². The maximum atomic E-state index is 11.4. The van der Waals surface area contributed by atoms with Gasteiger partial charge in [-0.3, -0.25) is 4.99 Å². The minimum Gasteiger partial charge on any atom is -0.354 e. The predicted octanol–water partition coefficient (Wildman–Crippen LogP) is 2.30. The van der Waals surface area contributed by atoms with E-state index in [1.165, 1.54) is 17.4 Å². The molecule has 0 saturated heterocycles. The summed E-state index contributed by atoms with van der Waals surface area (Å²) in [6, 6.07) is 10.4. The summed E-state index contributed by atoms with van der Waals surface area (Å²) in [5.41, 5.74) is 2.03. The number of guanidine groups is 1. The van der Waals surface area contributed by atoms with E-state index in [0.717, 1.165) is 25.5 Å². The van der Waals surface area contributed by atoms with Crippen molar-refractivity contribution >= 4 is 45.5 Å². The van der Waals surface area contributed by atoms with Crippen molar-refractivity contribution in [2.45, 2.75) is 25.8 Å². The van der Waals surface area contributed by atoms with Gasteiger partial charge in [-0.15, -0.1) is 24.0 Å². The van der Waals surface area contributed by atoms with E-state index < -0.39 is 15.6 Å². The SMILES string of the molecule is CN=C(NCC(C)(C)NS(C)(=O)=O)N1CC=C(c2ccccc2)CC1.I. The Hall–Kier alpha value is -1.13. The highest BCUT2D eigenvalue weighted by atomic mass is 127. The first-order valence-electron chi connectivity index (χ1n) is 8.39. The van der Waals surface area contributed by atoms with Gasteiger partial charge in [-0.25, -0.2) is 13.1 Å². The number of hydrogen-bond donors (Lipinski definition) is 2. The lowest BCUT2D eigenvalue weighted by Crippen LogP contribution is -2.54. The van der Waals surface area contributed by atoms with Crippen molar-refractivity contribution in [3.63, 3.8) is 0 Å². The minimum absolute atomic E-state index is 0. The molecule has 0 bridgehead atoms. The Morgan fingerprint density at radius 1 is 1.27 bits per heavy atom. The number of nitrogens with zero attached hydrogens (tertiary/aromatic N) is 2. The van der Waals surface area contributed by atoms with Crippen molar-refractivity contribution in [1.29, 1.82) is 0 Å². The number of aliphatic imine (C=N–C) groups is 1. The van der Waals surface area contributed by atoms with Gasteiger partial charge < -0.3 is 10.2 Å². The van der Waals surface area contributed by atoms with Gasteiger partial charge in [0.05, 0.1) is 6.26 Å². The number of halogens is 1. The molecule has 1 aliphatic heterocycles. The largest absolute Gasteiger partial charge is 0.354 e. The van der Waals surface area contributed by atoms with E-state index in [0.29, 0.717) is 6.54 Å². The van der Waals surface area contributed by atoms with Gasteiger partial charge in [0.15, 0.2) is 5.96 Å². The molecule has 0 radical (unpaired) electrons. The number of nitrogens with one attached hydrogen (secondary N) is 2. The van der Waals surface area contributed by atoms with Gasteiger partial charge in [0.2, 0.25) is 10.0 Å². The molecule has 0 fully saturated rings. The van der Waals surface area contributed by atoms with Crippen LogP contribution in [0.5, 0.6) is 0 Å². The normalized spacial score (nSPS) is 15.9. The average molecular weight is 492 g/mol. The van der Waals surface area contributed by atoms with Crippen molar-refractivity contribution in [1.82, 2.24) is 14.9 Å². The van der Waals surface area contributed by atoms with Crippen LogP contribution in [0.3, 0.4) is 0 Å². The lowest BCUT2D eigenvalue weighted by molar-refractivity contribution is 0.408. The van der Waals surface area contributed by atoms with Crippen LogP contribution in [0.2, 0.25) is 0 Å². The number of sulfonamides is 1. The van der Waals surface area contributed by atoms with Gasteiger partial charge in [0.25, 0.3) is 0 Å². The highest BCUT2D eigenvalue weighted by molar-refractivity contribution is 14.0. The Morgan fingerprint density at radius 2 is 1.92 bits per heavy atom. The first-order valence-corrected chi connectivity index (χ1v) is 10.3. The second-order valence-corrected chi connectivity index (χ2v) is 8.70. The Kier molecular flexibility index (Phi) is 8.55. The Morgan fingerprint density at radius 3 is 2.42 bits per heavy atom. The molecule has 0 unspecified atom stereocenters. The zero-order valence-electron chi connectivity index (χ0n) is 15.8. The molecule has 1 aromatic carbocycles. The molecule has 2 N–H and O–H groups in total. The third-order valence-corrected chi connectivity index (χ3v) is 4.94. The molecule has 0 spiro atoms. The molecule has 0 aromatic heterocycles. The highest BCUT2D eigenvalue weighted by Gasteiger charge is 2.24. The van der Waals surface area contributed by atoms with E-state index in [1.807, 2.05) is 19.9 Å². The third-order valence-electron chi connectivity index (χ3n) is 4.02. The number of hydrogen-bond acceptors (Lipinski definition) is 3. The molecule has 6 nitrogen and oxygen atoms in total. The lowest BCUT2D eigenvalue weighted by atomic mass is 10.00. The first kappa shape index (κ1) is 22.9. The Bertz CT molecular complexity index is 746. The van der Waals surface area contributed by atoms with Crippen molar-refractivity contribution < 1.29 is 8.42 Å². The van der Waals surface area contributed by atoms with Gasteiger partial charge >= 0.3 is 0 Å². The quantitative estimate of drug-likeness (QED) is 0.376. The van der Waals surface area contributed by atoms with Gasteiger partial charge in [-0.05, 0) is 31.4 Å². The van der Waals surface area contributed by atoms with E-state index in [9.17, 15) is 8.42 Å². The van der Waals surface area contributed by atoms with Crippen LogP contribution in [-0.4, -0.2) is 57.8 Å². The molecule has 26 heavy (non-hydrogen) atoms. The minimum atomic E-state index is -3.25. The summed E-state index contributed by atoms with van der Waals surface area (Å²) in [5.74, 6) is 0.784. The van der Waals surface area contributed by atoms with Crippen LogP contribution in [0.25, 0.3) is 5.57 Å². The summed E-state index contributed by atoms with van der Waals surface area (Å²) in [7, 11) is -1.51. The van der Waals surface area contributed by atoms with Crippen LogP contribution in [0.4, 0.5) is 0 Å². The fourth-order valence-electron chi connectivity index (χ4n) is 2.95. The van der Waals surface area contributed by atoms with Crippen LogP contribution < -0.4 is 10.0 Å². The molecule has 1 aromatic rings. The second-order valence-electron chi connectivity index (χ2n) is 6.95. The fourth-order valence-corrected chi connectivity index (χ4v) is 4.02. The topological polar surface area (TPSA) is 73.8 Å². The van der Waals surface area contributed by atoms with E-state index in [1.54, 1.807) is 7.05 Å². The molecule has 2 rings (SSSR count). The van der Waals surface area contributed by atoms with Gasteiger partial charge in [0.1, 0.15) is 0 Å². The van der Waals surface area contributed by atoms with E-state index in [2.05, 4.69) is 50.3 Å². The molecule has 1 aliphatic rings. The summed E-state index contributed by atoms with van der Waals surface area (Å²) in [5, 5.41) is 3.28. The molecular formula is C18H29IN4O2S. The van der Waals surface area contributed by atoms with E-state index in [-0.39, 0.29) is 24.0 Å². The molecule has 0 amide bonds. The predicted molar refractivity (Wildman–Crippen MR) is 119 cm³/mol. The van der Waals surface area contributed by atoms with Crippen LogP contribution in [0.15, 0.2) is 41.4 Å². The average Bonchev–Trinajstić information content (AvgIpc) is 2.54. The summed E-state index contributed by atoms with van der Waals surface area (Å²) in [4.78, 5) is 6.50. The maximum Gasteiger partial charge on any atom is 0.209 e. The van der Waals surface area contributed by atoms with E-state index >= 15 is 0 Å². The summed E-state index contributed by atoms with van der Waals surface area (Å²) < 4.78 is 25.5. The molecular weight excluding hydrogens is 463 g/mol. The molecule has 0 aliphatic carbocycles. The lowest BCUT2D eigenvalue weighted by Gasteiger charge is -2.32. The van der Waals surface area contributed by atoms with Crippen LogP contribution >= 0.6 is 24.0 Å². The van der Waals surface area contributed by atoms with Crippen molar-refractivity contribution in [2.75, 3.05) is 32.9 Å². The number of benzene rings is 1. The summed E-state index contributed by atoms with van der Waals surface area (Å²) in [6.45, 7) is 5.80. The van der Waals surface area contributed by atoms with Gasteiger partial charge in [-0.1, -0.05) is 36.4 Å². The highest BCUT2D eigenvalue weighted by Crippen LogP contribution is 2.21. The fraction of sp³-hybridized carbons (Fsp3) is 0.500. The first-order chi connectivity index (χ1) is 11.7. The molecule has 0 atom stereocenters. The van der Waals surface area contributed by atoms with Gasteiger partial charge in [-0.2, -0.15) is 0 Å². The van der Waals surface area contributed by atoms with Crippen molar-refractivity contribution in [3.8, 4) is 0 Å². The summed E-state index contributed by atoms with van der Waals surface area (Å²) in [6.07, 6.45) is 4.35. The zero-order valence-corrected chi connectivity index (χ0v) is 19.0. The molecule has 146 valence electrons. The van der Waals surface area contributed by atoms with Gasteiger partial charge in [0, 0.05) is 32.2 Å². The second kappa shape index (κ2) is 9.70. The molecule has 8 heteroatoms. The Labute approximate surface area is 174 Å². The van der Waals surface area contributed by atoms with Crippen LogP contribution in [0.1, 0.15) is 25.8 Å². The monoisotopic (exact) mass is 492 g/mol. The van der Waals surface area contributed by atoms with Crippen molar-refractivity contribution in [2.24, 2.45) is 4.99 Å².